The number of nitrogens with two attached hydrogens (primary N) is 1. The van der Waals surface area contributed by atoms with Crippen LogP contribution in [0.25, 0.3) is 0 Å². The van der Waals surface area contributed by atoms with Crippen molar-refractivity contribution < 1.29 is 24.6 Å². The minimum Gasteiger partial charge on any atom is -0.480 e. The molecule has 7 heteroatoms. The topological polar surface area (TPSA) is 122 Å². The van der Waals surface area contributed by atoms with Gasteiger partial charge in [-0.25, -0.2) is 4.79 Å². The molecule has 0 aromatic rings. The summed E-state index contributed by atoms with van der Waals surface area (Å²) in [4.78, 5) is 26.7. The molecule has 1 fully saturated rings. The predicted octanol–water partition coefficient (Wildman–Crippen LogP) is -0.982. The van der Waals surface area contributed by atoms with Gasteiger partial charge in [0.1, 0.15) is 11.6 Å². The molecule has 15 heavy (non-hydrogen) atoms. The molecule has 0 bridgehead atoms. The normalized spacial score (nSPS) is 38.1. The highest BCUT2D eigenvalue weighted by atomic mass is 16.6. The largest absolute Gasteiger partial charge is 0.480 e. The first-order valence-corrected chi connectivity index (χ1v) is 4.46. The Hall–Kier alpha value is -1.63. The number of nitrogens with zero attached hydrogens (tertiary/aromatic N) is 1. The van der Waals surface area contributed by atoms with Crippen LogP contribution in [0.15, 0.2) is 5.16 Å². The van der Waals surface area contributed by atoms with Crippen molar-refractivity contribution in [2.24, 2.45) is 16.8 Å². The van der Waals surface area contributed by atoms with Crippen LogP contribution in [0.3, 0.4) is 0 Å². The summed E-state index contributed by atoms with van der Waals surface area (Å²) in [7, 11) is 0. The third-order valence-corrected chi connectivity index (χ3v) is 2.97. The van der Waals surface area contributed by atoms with E-state index in [1.807, 2.05) is 0 Å². The standard InChI is InChI=1S/C8H10N2O5/c9-8(7(13)14)2-1-3-4(8)5(6(11)12)10-15-3/h3-4H,1-2,9H2,(H,11,12)(H,13,14)/t3-,4+,8-/m0/s1. The third kappa shape index (κ3) is 1.19. The van der Waals surface area contributed by atoms with E-state index in [-0.39, 0.29) is 12.1 Å². The van der Waals surface area contributed by atoms with Crippen LogP contribution in [0.4, 0.5) is 0 Å². The molecule has 82 valence electrons. The van der Waals surface area contributed by atoms with Crippen molar-refractivity contribution in [3.8, 4) is 0 Å². The highest BCUT2D eigenvalue weighted by Gasteiger charge is 2.59. The number of rotatable bonds is 2. The van der Waals surface area contributed by atoms with Gasteiger partial charge in [-0.2, -0.15) is 0 Å². The highest BCUT2D eigenvalue weighted by molar-refractivity contribution is 6.37. The number of hydrogen-bond donors (Lipinski definition) is 3. The molecule has 1 saturated carbocycles. The Balaban J connectivity index is 2.37. The molecule has 7 nitrogen and oxygen atoms in total. The second-order valence-corrected chi connectivity index (χ2v) is 3.79. The van der Waals surface area contributed by atoms with Gasteiger partial charge in [-0.05, 0) is 12.8 Å². The van der Waals surface area contributed by atoms with Gasteiger partial charge in [-0.15, -0.1) is 0 Å². The summed E-state index contributed by atoms with van der Waals surface area (Å²) in [6.45, 7) is 0. The summed E-state index contributed by atoms with van der Waals surface area (Å²) in [6.07, 6.45) is 0.0924. The Morgan fingerprint density at radius 2 is 2.20 bits per heavy atom. The Kier molecular flexibility index (Phi) is 1.93. The summed E-state index contributed by atoms with van der Waals surface area (Å²) in [6, 6.07) is 0. The number of carbonyl (C=O) groups is 2. The molecule has 2 rings (SSSR count). The average molecular weight is 214 g/mol. The Morgan fingerprint density at radius 1 is 1.53 bits per heavy atom. The van der Waals surface area contributed by atoms with Crippen molar-refractivity contribution in [3.05, 3.63) is 0 Å². The van der Waals surface area contributed by atoms with E-state index >= 15 is 0 Å². The van der Waals surface area contributed by atoms with Crippen LogP contribution >= 0.6 is 0 Å². The van der Waals surface area contributed by atoms with E-state index in [0.717, 1.165) is 0 Å². The summed E-state index contributed by atoms with van der Waals surface area (Å²) in [5.41, 5.74) is 3.83. The zero-order valence-electron chi connectivity index (χ0n) is 7.71. The summed E-state index contributed by atoms with van der Waals surface area (Å²) >= 11 is 0. The Morgan fingerprint density at radius 3 is 2.73 bits per heavy atom. The molecule has 1 aliphatic carbocycles. The molecular weight excluding hydrogens is 204 g/mol. The van der Waals surface area contributed by atoms with E-state index in [9.17, 15) is 9.59 Å². The maximum Gasteiger partial charge on any atom is 0.354 e. The van der Waals surface area contributed by atoms with E-state index in [2.05, 4.69) is 5.16 Å². The van der Waals surface area contributed by atoms with E-state index in [0.29, 0.717) is 6.42 Å². The number of oxime groups is 1. The van der Waals surface area contributed by atoms with Crippen LogP contribution < -0.4 is 5.73 Å². The number of carboxylic acid groups (broad SMARTS) is 2. The molecule has 1 aliphatic heterocycles. The maximum atomic E-state index is 11.0. The van der Waals surface area contributed by atoms with Crippen molar-refractivity contribution in [2.75, 3.05) is 0 Å². The average Bonchev–Trinajstić information content (AvgIpc) is 2.68. The molecule has 4 N–H and O–H groups in total. The molecule has 2 aliphatic rings. The molecule has 1 heterocycles. The third-order valence-electron chi connectivity index (χ3n) is 2.97. The van der Waals surface area contributed by atoms with Gasteiger partial charge in [-0.1, -0.05) is 5.16 Å². The number of hydrogen-bond acceptors (Lipinski definition) is 5. The second kappa shape index (κ2) is 2.93. The van der Waals surface area contributed by atoms with E-state index in [4.69, 9.17) is 20.8 Å². The number of carboxylic acids is 2. The molecule has 0 saturated heterocycles. The predicted molar refractivity (Wildman–Crippen MR) is 47.2 cm³/mol. The van der Waals surface area contributed by atoms with Crippen molar-refractivity contribution in [3.63, 3.8) is 0 Å². The van der Waals surface area contributed by atoms with Gasteiger partial charge in [0.05, 0.1) is 5.92 Å². The van der Waals surface area contributed by atoms with Gasteiger partial charge in [0.25, 0.3) is 0 Å². The summed E-state index contributed by atoms with van der Waals surface area (Å²) in [5, 5.41) is 21.2. The fourth-order valence-electron chi connectivity index (χ4n) is 2.16. The quantitative estimate of drug-likeness (QED) is 0.542. The fourth-order valence-corrected chi connectivity index (χ4v) is 2.16. The van der Waals surface area contributed by atoms with Crippen molar-refractivity contribution >= 4 is 17.7 Å². The van der Waals surface area contributed by atoms with Gasteiger partial charge >= 0.3 is 11.9 Å². The van der Waals surface area contributed by atoms with Crippen molar-refractivity contribution in [2.45, 2.75) is 24.5 Å². The van der Waals surface area contributed by atoms with Gasteiger partial charge in [0, 0.05) is 0 Å². The molecule has 0 radical (unpaired) electrons. The highest BCUT2D eigenvalue weighted by Crippen LogP contribution is 2.40. The lowest BCUT2D eigenvalue weighted by Crippen LogP contribution is -2.55. The minimum absolute atomic E-state index is 0.198. The Labute approximate surface area is 84.5 Å². The maximum absolute atomic E-state index is 11.0. The fraction of sp³-hybridized carbons (Fsp3) is 0.625. The van der Waals surface area contributed by atoms with Gasteiger partial charge in [0.15, 0.2) is 5.71 Å². The first-order valence-electron chi connectivity index (χ1n) is 4.46. The zero-order valence-corrected chi connectivity index (χ0v) is 7.71. The lowest BCUT2D eigenvalue weighted by atomic mass is 9.84. The van der Waals surface area contributed by atoms with Crippen LogP contribution in [0.1, 0.15) is 12.8 Å². The lowest BCUT2D eigenvalue weighted by Gasteiger charge is -2.24. The molecule has 0 spiro atoms. The first-order chi connectivity index (χ1) is 6.97. The summed E-state index contributed by atoms with van der Waals surface area (Å²) in [5.74, 6) is -3.34. The first kappa shape index (κ1) is 9.91. The second-order valence-electron chi connectivity index (χ2n) is 3.79. The van der Waals surface area contributed by atoms with Gasteiger partial charge < -0.3 is 20.8 Å². The van der Waals surface area contributed by atoms with Gasteiger partial charge in [0.2, 0.25) is 0 Å². The number of fused-ring (bicyclic) bond motifs is 1. The summed E-state index contributed by atoms with van der Waals surface area (Å²) < 4.78 is 0. The smallest absolute Gasteiger partial charge is 0.354 e. The minimum atomic E-state index is -1.57. The molecular formula is C8H10N2O5. The van der Waals surface area contributed by atoms with E-state index < -0.39 is 29.5 Å². The molecule has 3 atom stereocenters. The molecule has 0 aromatic carbocycles. The SMILES string of the molecule is N[C@@]1(C(=O)O)CC[C@@H]2ON=C(C(=O)O)[C@@H]21. The molecule has 0 unspecified atom stereocenters. The zero-order chi connectivity index (χ0) is 11.2. The van der Waals surface area contributed by atoms with E-state index in [1.165, 1.54) is 0 Å². The van der Waals surface area contributed by atoms with Crippen molar-refractivity contribution in [1.29, 1.82) is 0 Å². The van der Waals surface area contributed by atoms with Crippen LogP contribution in [0.5, 0.6) is 0 Å². The van der Waals surface area contributed by atoms with Crippen LogP contribution in [0, 0.1) is 5.92 Å². The lowest BCUT2D eigenvalue weighted by molar-refractivity contribution is -0.144. The Bertz CT molecular complexity index is 366. The van der Waals surface area contributed by atoms with Crippen LogP contribution in [-0.2, 0) is 14.4 Å². The number of aliphatic carboxylic acids is 2. The monoisotopic (exact) mass is 214 g/mol. The molecule has 0 aromatic heterocycles. The van der Waals surface area contributed by atoms with Crippen molar-refractivity contribution in [1.82, 2.24) is 0 Å². The van der Waals surface area contributed by atoms with Crippen LogP contribution in [0.2, 0.25) is 0 Å². The molecule has 0 amide bonds. The van der Waals surface area contributed by atoms with Gasteiger partial charge in [-0.3, -0.25) is 4.79 Å². The van der Waals surface area contributed by atoms with E-state index in [1.54, 1.807) is 0 Å². The van der Waals surface area contributed by atoms with Crippen LogP contribution in [-0.4, -0.2) is 39.5 Å².